The molecule has 118 valence electrons. The van der Waals surface area contributed by atoms with E-state index in [1.165, 1.54) is 17.7 Å². The number of benzene rings is 2. The molecule has 0 aliphatic rings. The minimum atomic E-state index is -0.292. The molecule has 5 heteroatoms. The number of nitrogens with zero attached hydrogens (tertiary/aromatic N) is 2. The Morgan fingerprint density at radius 2 is 1.70 bits per heavy atom. The Morgan fingerprint density at radius 1 is 1.00 bits per heavy atom. The summed E-state index contributed by atoms with van der Waals surface area (Å²) >= 11 is 0. The minimum absolute atomic E-state index is 0.292. The molecule has 2 aromatic carbocycles. The van der Waals surface area contributed by atoms with E-state index in [2.05, 4.69) is 41.5 Å². The third-order valence-corrected chi connectivity index (χ3v) is 3.58. The fourth-order valence-electron chi connectivity index (χ4n) is 2.20. The number of aromatic nitrogens is 2. The maximum atomic E-state index is 12.9. The molecule has 0 bridgehead atoms. The molecule has 4 nitrogen and oxygen atoms in total. The van der Waals surface area contributed by atoms with Crippen LogP contribution in [0.15, 0.2) is 52.9 Å². The minimum Gasteiger partial charge on any atom is -0.419 e. The second-order valence-corrected chi connectivity index (χ2v) is 5.64. The maximum Gasteiger partial charge on any atom is 0.247 e. The van der Waals surface area contributed by atoms with Gasteiger partial charge in [-0.05, 0) is 47.9 Å². The van der Waals surface area contributed by atoms with E-state index < -0.39 is 0 Å². The average Bonchev–Trinajstić information content (AvgIpc) is 3.03. The van der Waals surface area contributed by atoms with Gasteiger partial charge in [-0.25, -0.2) is 4.39 Å². The maximum absolute atomic E-state index is 12.9. The van der Waals surface area contributed by atoms with Crippen molar-refractivity contribution in [2.24, 2.45) is 0 Å². The van der Waals surface area contributed by atoms with Gasteiger partial charge in [-0.1, -0.05) is 26.0 Å². The van der Waals surface area contributed by atoms with Crippen LogP contribution in [0.1, 0.15) is 31.2 Å². The Bertz CT molecular complexity index is 764. The molecular weight excluding hydrogens is 293 g/mol. The summed E-state index contributed by atoms with van der Waals surface area (Å²) in [5, 5.41) is 11.2. The molecular formula is C18H18FN3O. The zero-order valence-corrected chi connectivity index (χ0v) is 13.1. The van der Waals surface area contributed by atoms with Crippen molar-refractivity contribution in [3.63, 3.8) is 0 Å². The highest BCUT2D eigenvalue weighted by Crippen LogP contribution is 2.20. The van der Waals surface area contributed by atoms with Crippen LogP contribution in [0.4, 0.5) is 10.1 Å². The Labute approximate surface area is 134 Å². The summed E-state index contributed by atoms with van der Waals surface area (Å²) in [5.41, 5.74) is 2.99. The fraction of sp³-hybridized carbons (Fsp3) is 0.222. The summed E-state index contributed by atoms with van der Waals surface area (Å²) < 4.78 is 18.5. The van der Waals surface area contributed by atoms with Gasteiger partial charge in [0.15, 0.2) is 0 Å². The van der Waals surface area contributed by atoms with Crippen LogP contribution < -0.4 is 5.32 Å². The second kappa shape index (κ2) is 6.60. The molecule has 0 spiro atoms. The molecule has 0 saturated heterocycles. The predicted octanol–water partition coefficient (Wildman–Crippen LogP) is 4.61. The molecule has 3 rings (SSSR count). The molecule has 0 fully saturated rings. The number of anilines is 1. The van der Waals surface area contributed by atoms with E-state index in [1.54, 1.807) is 12.1 Å². The van der Waals surface area contributed by atoms with Crippen molar-refractivity contribution in [1.29, 1.82) is 0 Å². The van der Waals surface area contributed by atoms with Gasteiger partial charge >= 0.3 is 0 Å². The van der Waals surface area contributed by atoms with E-state index >= 15 is 0 Å². The van der Waals surface area contributed by atoms with E-state index in [0.717, 1.165) is 5.69 Å². The summed E-state index contributed by atoms with van der Waals surface area (Å²) in [6.45, 7) is 4.77. The lowest BCUT2D eigenvalue weighted by molar-refractivity contribution is 0.515. The summed E-state index contributed by atoms with van der Waals surface area (Å²) in [5.74, 6) is 1.09. The first-order valence-electron chi connectivity index (χ1n) is 7.54. The SMILES string of the molecule is CC(C)c1ccc(NCc2nnc(-c3ccc(F)cc3)o2)cc1. The zero-order chi connectivity index (χ0) is 16.2. The number of halogens is 1. The molecule has 0 aliphatic carbocycles. The molecule has 0 radical (unpaired) electrons. The van der Waals surface area contributed by atoms with Crippen molar-refractivity contribution in [2.45, 2.75) is 26.3 Å². The van der Waals surface area contributed by atoms with Crippen molar-refractivity contribution >= 4 is 5.69 Å². The third-order valence-electron chi connectivity index (χ3n) is 3.58. The lowest BCUT2D eigenvalue weighted by Crippen LogP contribution is -2.00. The molecule has 1 heterocycles. The number of hydrogen-bond donors (Lipinski definition) is 1. The molecule has 23 heavy (non-hydrogen) atoms. The quantitative estimate of drug-likeness (QED) is 0.747. The van der Waals surface area contributed by atoms with Crippen LogP contribution in [0.3, 0.4) is 0 Å². The second-order valence-electron chi connectivity index (χ2n) is 5.64. The van der Waals surface area contributed by atoms with Crippen LogP contribution in [0.5, 0.6) is 0 Å². The topological polar surface area (TPSA) is 51.0 Å². The van der Waals surface area contributed by atoms with Gasteiger partial charge in [0.25, 0.3) is 0 Å². The fourth-order valence-corrected chi connectivity index (χ4v) is 2.20. The first kappa shape index (κ1) is 15.2. The number of hydrogen-bond acceptors (Lipinski definition) is 4. The van der Waals surface area contributed by atoms with Crippen LogP contribution in [-0.4, -0.2) is 10.2 Å². The first-order chi connectivity index (χ1) is 11.1. The largest absolute Gasteiger partial charge is 0.419 e. The summed E-state index contributed by atoms with van der Waals surface area (Å²) in [6, 6.07) is 14.2. The third kappa shape index (κ3) is 3.74. The highest BCUT2D eigenvalue weighted by atomic mass is 19.1. The molecule has 0 aliphatic heterocycles. The highest BCUT2D eigenvalue weighted by Gasteiger charge is 2.08. The Balaban J connectivity index is 1.64. The normalized spacial score (nSPS) is 11.0. The van der Waals surface area contributed by atoms with Crippen LogP contribution in [-0.2, 0) is 6.54 Å². The molecule has 0 unspecified atom stereocenters. The van der Waals surface area contributed by atoms with Gasteiger partial charge in [-0.3, -0.25) is 0 Å². The summed E-state index contributed by atoms with van der Waals surface area (Å²) in [4.78, 5) is 0. The number of rotatable bonds is 5. The molecule has 3 aromatic rings. The van der Waals surface area contributed by atoms with E-state index in [9.17, 15) is 4.39 Å². The Morgan fingerprint density at radius 3 is 2.35 bits per heavy atom. The lowest BCUT2D eigenvalue weighted by Gasteiger charge is -2.07. The Hall–Kier alpha value is -2.69. The molecule has 1 aromatic heterocycles. The molecule has 1 N–H and O–H groups in total. The summed E-state index contributed by atoms with van der Waals surface area (Å²) in [6.07, 6.45) is 0. The highest BCUT2D eigenvalue weighted by molar-refractivity contribution is 5.52. The smallest absolute Gasteiger partial charge is 0.247 e. The van der Waals surface area contributed by atoms with Crippen molar-refractivity contribution in [2.75, 3.05) is 5.32 Å². The predicted molar refractivity (Wildman–Crippen MR) is 87.5 cm³/mol. The molecule has 0 amide bonds. The van der Waals surface area contributed by atoms with Gasteiger partial charge < -0.3 is 9.73 Å². The summed E-state index contributed by atoms with van der Waals surface area (Å²) in [7, 11) is 0. The van der Waals surface area contributed by atoms with Crippen molar-refractivity contribution in [1.82, 2.24) is 10.2 Å². The average molecular weight is 311 g/mol. The standard InChI is InChI=1S/C18H18FN3O/c1-12(2)13-5-9-16(10-6-13)20-11-17-21-22-18(23-17)14-3-7-15(19)8-4-14/h3-10,12,20H,11H2,1-2H3. The molecule has 0 saturated carbocycles. The van der Waals surface area contributed by atoms with Crippen molar-refractivity contribution in [3.05, 3.63) is 65.8 Å². The van der Waals surface area contributed by atoms with E-state index in [1.807, 2.05) is 12.1 Å². The number of nitrogens with one attached hydrogen (secondary N) is 1. The van der Waals surface area contributed by atoms with Gasteiger partial charge in [-0.15, -0.1) is 10.2 Å². The van der Waals surface area contributed by atoms with Crippen LogP contribution >= 0.6 is 0 Å². The monoisotopic (exact) mass is 311 g/mol. The van der Waals surface area contributed by atoms with Crippen LogP contribution in [0, 0.1) is 5.82 Å². The zero-order valence-electron chi connectivity index (χ0n) is 13.1. The van der Waals surface area contributed by atoms with Crippen LogP contribution in [0.25, 0.3) is 11.5 Å². The van der Waals surface area contributed by atoms with E-state index in [0.29, 0.717) is 29.8 Å². The van der Waals surface area contributed by atoms with E-state index in [-0.39, 0.29) is 5.82 Å². The van der Waals surface area contributed by atoms with Gasteiger partial charge in [0, 0.05) is 11.3 Å². The van der Waals surface area contributed by atoms with E-state index in [4.69, 9.17) is 4.42 Å². The Kier molecular flexibility index (Phi) is 4.37. The lowest BCUT2D eigenvalue weighted by atomic mass is 10.0. The van der Waals surface area contributed by atoms with Gasteiger partial charge in [0.05, 0.1) is 6.54 Å². The van der Waals surface area contributed by atoms with Gasteiger partial charge in [0.2, 0.25) is 11.8 Å². The first-order valence-corrected chi connectivity index (χ1v) is 7.54. The molecule has 0 atom stereocenters. The van der Waals surface area contributed by atoms with Crippen molar-refractivity contribution in [3.8, 4) is 11.5 Å². The van der Waals surface area contributed by atoms with Crippen molar-refractivity contribution < 1.29 is 8.81 Å². The van der Waals surface area contributed by atoms with Gasteiger partial charge in [0.1, 0.15) is 5.82 Å². The van der Waals surface area contributed by atoms with Crippen LogP contribution in [0.2, 0.25) is 0 Å². The van der Waals surface area contributed by atoms with Gasteiger partial charge in [-0.2, -0.15) is 0 Å².